The average molecular weight is 328 g/mol. The summed E-state index contributed by atoms with van der Waals surface area (Å²) in [6, 6.07) is 8.25. The fraction of sp³-hybridized carbons (Fsp3) is 0.316. The highest BCUT2D eigenvalue weighted by Crippen LogP contribution is 2.42. The van der Waals surface area contributed by atoms with Crippen molar-refractivity contribution >= 4 is 5.78 Å². The number of rotatable bonds is 4. The largest absolute Gasteiger partial charge is 0.508 e. The Labute approximate surface area is 140 Å². The van der Waals surface area contributed by atoms with Crippen LogP contribution >= 0.6 is 0 Å². The van der Waals surface area contributed by atoms with Crippen LogP contribution in [0.2, 0.25) is 0 Å². The number of ketones is 1. The van der Waals surface area contributed by atoms with Gasteiger partial charge in [0.1, 0.15) is 34.7 Å². The molecule has 0 aliphatic carbocycles. The van der Waals surface area contributed by atoms with Gasteiger partial charge < -0.3 is 19.7 Å². The first kappa shape index (κ1) is 16.2. The summed E-state index contributed by atoms with van der Waals surface area (Å²) < 4.78 is 11.3. The van der Waals surface area contributed by atoms with Crippen molar-refractivity contribution in [2.24, 2.45) is 0 Å². The minimum Gasteiger partial charge on any atom is -0.508 e. The maximum atomic E-state index is 12.4. The number of benzene rings is 2. The average Bonchev–Trinajstić information content (AvgIpc) is 2.54. The molecule has 0 amide bonds. The molecule has 0 radical (unpaired) electrons. The van der Waals surface area contributed by atoms with Crippen molar-refractivity contribution in [3.8, 4) is 23.0 Å². The molecule has 0 aromatic heterocycles. The number of carbonyl (C=O) groups is 1. The summed E-state index contributed by atoms with van der Waals surface area (Å²) in [5, 5.41) is 19.5. The number of aryl methyl sites for hydroxylation is 1. The van der Waals surface area contributed by atoms with E-state index < -0.39 is 6.10 Å². The highest BCUT2D eigenvalue weighted by Gasteiger charge is 2.31. The maximum Gasteiger partial charge on any atom is 0.174 e. The lowest BCUT2D eigenvalue weighted by Crippen LogP contribution is -2.20. The van der Waals surface area contributed by atoms with Crippen LogP contribution in [0.1, 0.15) is 47.4 Å². The molecular formula is C19H20O5. The molecule has 24 heavy (non-hydrogen) atoms. The van der Waals surface area contributed by atoms with Crippen LogP contribution in [0.15, 0.2) is 30.3 Å². The molecule has 1 heterocycles. The van der Waals surface area contributed by atoms with Crippen molar-refractivity contribution in [3.63, 3.8) is 0 Å². The molecule has 5 nitrogen and oxygen atoms in total. The molecule has 0 unspecified atom stereocenters. The van der Waals surface area contributed by atoms with E-state index in [0.717, 1.165) is 35.8 Å². The second kappa shape index (κ2) is 6.43. The molecular weight excluding hydrogens is 308 g/mol. The fourth-order valence-corrected chi connectivity index (χ4v) is 3.07. The molecule has 3 rings (SSSR count). The number of aromatic hydroxyl groups is 2. The first-order valence-electron chi connectivity index (χ1n) is 7.96. The topological polar surface area (TPSA) is 76.0 Å². The predicted octanol–water partition coefficient (Wildman–Crippen LogP) is 3.77. The van der Waals surface area contributed by atoms with Gasteiger partial charge in [-0.1, -0.05) is 19.4 Å². The first-order valence-corrected chi connectivity index (χ1v) is 7.96. The van der Waals surface area contributed by atoms with Gasteiger partial charge in [0.15, 0.2) is 5.78 Å². The van der Waals surface area contributed by atoms with E-state index in [1.165, 1.54) is 6.07 Å². The van der Waals surface area contributed by atoms with Crippen molar-refractivity contribution < 1.29 is 24.5 Å². The van der Waals surface area contributed by atoms with Gasteiger partial charge in [0.05, 0.1) is 13.5 Å². The molecule has 5 heteroatoms. The van der Waals surface area contributed by atoms with Crippen LogP contribution < -0.4 is 9.47 Å². The van der Waals surface area contributed by atoms with Crippen LogP contribution in [-0.2, 0) is 6.42 Å². The Morgan fingerprint density at radius 1 is 1.25 bits per heavy atom. The summed E-state index contributed by atoms with van der Waals surface area (Å²) in [4.78, 5) is 12.4. The minimum atomic E-state index is -0.451. The second-order valence-corrected chi connectivity index (χ2v) is 5.89. The van der Waals surface area contributed by atoms with Crippen LogP contribution in [0, 0.1) is 0 Å². The van der Waals surface area contributed by atoms with Crippen LogP contribution in [0.4, 0.5) is 0 Å². The molecule has 0 saturated carbocycles. The molecule has 2 N–H and O–H groups in total. The Balaban J connectivity index is 1.97. The lowest BCUT2D eigenvalue weighted by molar-refractivity contribution is 0.0844. The van der Waals surface area contributed by atoms with Gasteiger partial charge in [-0.15, -0.1) is 0 Å². The number of hydrogen-bond donors (Lipinski definition) is 2. The zero-order valence-corrected chi connectivity index (χ0v) is 13.7. The first-order chi connectivity index (χ1) is 11.5. The Morgan fingerprint density at radius 3 is 2.75 bits per heavy atom. The molecule has 1 aliphatic heterocycles. The zero-order chi connectivity index (χ0) is 17.3. The van der Waals surface area contributed by atoms with E-state index in [9.17, 15) is 15.0 Å². The number of phenolic OH excluding ortho intramolecular Hbond substituents is 2. The minimum absolute atomic E-state index is 0.131. The summed E-state index contributed by atoms with van der Waals surface area (Å²) in [5.41, 5.74) is 2.07. The highest BCUT2D eigenvalue weighted by molar-refractivity contribution is 6.02. The number of methoxy groups -OCH3 is 1. The maximum absolute atomic E-state index is 12.4. The Hall–Kier alpha value is -2.69. The molecule has 1 atom stereocenters. The van der Waals surface area contributed by atoms with E-state index in [4.69, 9.17) is 9.47 Å². The predicted molar refractivity (Wildman–Crippen MR) is 89.1 cm³/mol. The van der Waals surface area contributed by atoms with Gasteiger partial charge in [-0.3, -0.25) is 4.79 Å². The van der Waals surface area contributed by atoms with Crippen LogP contribution in [0.5, 0.6) is 23.0 Å². The van der Waals surface area contributed by atoms with Gasteiger partial charge in [-0.2, -0.15) is 0 Å². The molecule has 0 fully saturated rings. The fourth-order valence-electron chi connectivity index (χ4n) is 3.07. The second-order valence-electron chi connectivity index (χ2n) is 5.89. The number of Topliss-reactive ketones (excluding diaryl/α,β-unsaturated/α-hetero) is 1. The standard InChI is InChI=1S/C19H20O5/c1-3-4-11-7-12(5-6-16(11)23-2)17-10-15(22)19-14(21)8-13(20)9-18(19)24-17/h5-9,17,20-21H,3-4,10H2,1-2H3/t17-/m0/s1. The van der Waals surface area contributed by atoms with E-state index in [1.54, 1.807) is 7.11 Å². The van der Waals surface area contributed by atoms with Gasteiger partial charge in [0, 0.05) is 12.1 Å². The molecule has 0 bridgehead atoms. The molecule has 2 aromatic carbocycles. The third-order valence-electron chi connectivity index (χ3n) is 4.18. The quantitative estimate of drug-likeness (QED) is 0.893. The molecule has 1 aliphatic rings. The molecule has 126 valence electrons. The summed E-state index contributed by atoms with van der Waals surface area (Å²) in [6.07, 6.45) is 1.54. The van der Waals surface area contributed by atoms with E-state index in [-0.39, 0.29) is 35.0 Å². The normalized spacial score (nSPS) is 16.4. The Morgan fingerprint density at radius 2 is 2.04 bits per heavy atom. The van der Waals surface area contributed by atoms with Gasteiger partial charge in [-0.25, -0.2) is 0 Å². The monoisotopic (exact) mass is 328 g/mol. The van der Waals surface area contributed by atoms with Gasteiger partial charge in [0.25, 0.3) is 0 Å². The van der Waals surface area contributed by atoms with Crippen LogP contribution in [-0.4, -0.2) is 23.1 Å². The van der Waals surface area contributed by atoms with Gasteiger partial charge in [-0.05, 0) is 29.7 Å². The summed E-state index contributed by atoms with van der Waals surface area (Å²) in [5.74, 6) is 0.433. The van der Waals surface area contributed by atoms with Gasteiger partial charge in [0.2, 0.25) is 0 Å². The SMILES string of the molecule is CCCc1cc([C@@H]2CC(=O)c3c(O)cc(O)cc3O2)ccc1OC. The summed E-state index contributed by atoms with van der Waals surface area (Å²) in [6.45, 7) is 2.09. The number of hydrogen-bond acceptors (Lipinski definition) is 5. The van der Waals surface area contributed by atoms with E-state index >= 15 is 0 Å². The van der Waals surface area contributed by atoms with Crippen LogP contribution in [0.3, 0.4) is 0 Å². The number of phenols is 2. The summed E-state index contributed by atoms with van der Waals surface area (Å²) >= 11 is 0. The molecule has 2 aromatic rings. The van der Waals surface area contributed by atoms with E-state index in [0.29, 0.717) is 0 Å². The van der Waals surface area contributed by atoms with Crippen molar-refractivity contribution in [2.45, 2.75) is 32.3 Å². The zero-order valence-electron chi connectivity index (χ0n) is 13.7. The van der Waals surface area contributed by atoms with Crippen molar-refractivity contribution in [3.05, 3.63) is 47.0 Å². The van der Waals surface area contributed by atoms with Gasteiger partial charge >= 0.3 is 0 Å². The third-order valence-corrected chi connectivity index (χ3v) is 4.18. The lowest BCUT2D eigenvalue weighted by atomic mass is 9.94. The number of fused-ring (bicyclic) bond motifs is 1. The van der Waals surface area contributed by atoms with Crippen LogP contribution in [0.25, 0.3) is 0 Å². The van der Waals surface area contributed by atoms with E-state index in [1.807, 2.05) is 18.2 Å². The lowest BCUT2D eigenvalue weighted by Gasteiger charge is -2.26. The van der Waals surface area contributed by atoms with Crippen molar-refractivity contribution in [2.75, 3.05) is 7.11 Å². The van der Waals surface area contributed by atoms with Crippen molar-refractivity contribution in [1.82, 2.24) is 0 Å². The number of ether oxygens (including phenoxy) is 2. The van der Waals surface area contributed by atoms with E-state index in [2.05, 4.69) is 6.92 Å². The Kier molecular flexibility index (Phi) is 4.34. The highest BCUT2D eigenvalue weighted by atomic mass is 16.5. The third kappa shape index (κ3) is 2.89. The number of carbonyl (C=O) groups excluding carboxylic acids is 1. The van der Waals surface area contributed by atoms with Crippen molar-refractivity contribution in [1.29, 1.82) is 0 Å². The smallest absolute Gasteiger partial charge is 0.174 e. The Bertz CT molecular complexity index is 782. The molecule has 0 saturated heterocycles. The summed E-state index contributed by atoms with van der Waals surface area (Å²) in [7, 11) is 1.64. The molecule has 0 spiro atoms.